The van der Waals surface area contributed by atoms with Crippen molar-refractivity contribution in [3.05, 3.63) is 186 Å². The summed E-state index contributed by atoms with van der Waals surface area (Å²) in [6.07, 6.45) is -0.413. The quantitative estimate of drug-likeness (QED) is 0.187. The lowest BCUT2D eigenvalue weighted by Crippen LogP contribution is -2.92. The Kier molecular flexibility index (Phi) is 6.59. The van der Waals surface area contributed by atoms with Crippen LogP contribution in [-0.4, -0.2) is 4.57 Å². The number of nitrogens with two attached hydrogens (primary N) is 1. The summed E-state index contributed by atoms with van der Waals surface area (Å²) < 4.78 is 2.51. The van der Waals surface area contributed by atoms with Crippen LogP contribution in [0.15, 0.2) is 170 Å². The second-order valence-corrected chi connectivity index (χ2v) is 13.1. The van der Waals surface area contributed by atoms with Crippen molar-refractivity contribution in [2.75, 3.05) is 0 Å². The van der Waals surface area contributed by atoms with E-state index in [0.717, 1.165) is 5.56 Å². The molecule has 1 fully saturated rings. The predicted molar refractivity (Wildman–Crippen MR) is 203 cm³/mol. The van der Waals surface area contributed by atoms with Crippen molar-refractivity contribution >= 4 is 54.1 Å². The molecule has 1 aromatic heterocycles. The van der Waals surface area contributed by atoms with Crippen LogP contribution in [0.4, 0.5) is 0 Å². The van der Waals surface area contributed by atoms with Crippen LogP contribution in [0.5, 0.6) is 0 Å². The van der Waals surface area contributed by atoms with Crippen LogP contribution in [0.3, 0.4) is 0 Å². The predicted octanol–water partition coefficient (Wildman–Crippen LogP) is 10.3. The number of benzene rings is 8. The van der Waals surface area contributed by atoms with Gasteiger partial charge < -0.3 is 15.2 Å². The van der Waals surface area contributed by atoms with E-state index >= 15 is 0 Å². The van der Waals surface area contributed by atoms with Crippen molar-refractivity contribution < 1.29 is 5.32 Å². The number of fused-ring (bicyclic) bond motifs is 10. The fourth-order valence-corrected chi connectivity index (χ4v) is 8.08. The first-order valence-electron chi connectivity index (χ1n) is 17.1. The molecule has 0 saturated carbocycles. The van der Waals surface area contributed by atoms with Crippen molar-refractivity contribution in [1.29, 1.82) is 0 Å². The Morgan fingerprint density at radius 1 is 0.469 bits per heavy atom. The third kappa shape index (κ3) is 4.57. The zero-order valence-corrected chi connectivity index (χ0v) is 26.9. The van der Waals surface area contributed by atoms with E-state index in [9.17, 15) is 0 Å². The van der Waals surface area contributed by atoms with Gasteiger partial charge in [0.1, 0.15) is 0 Å². The average molecular weight is 631 g/mol. The number of quaternary nitrogens is 1. The Bertz CT molecular complexity index is 2640. The van der Waals surface area contributed by atoms with Gasteiger partial charge in [-0.15, -0.1) is 0 Å². The molecule has 9 aromatic rings. The van der Waals surface area contributed by atoms with Gasteiger partial charge in [0.05, 0.1) is 17.3 Å². The molecule has 2 heterocycles. The number of aromatic nitrogens is 1. The van der Waals surface area contributed by atoms with Crippen molar-refractivity contribution in [2.24, 2.45) is 0 Å². The van der Waals surface area contributed by atoms with Crippen LogP contribution in [0.1, 0.15) is 29.7 Å². The van der Waals surface area contributed by atoms with Gasteiger partial charge in [0, 0.05) is 27.1 Å². The van der Waals surface area contributed by atoms with Crippen molar-refractivity contribution in [2.45, 2.75) is 18.6 Å². The first kappa shape index (κ1) is 28.3. The van der Waals surface area contributed by atoms with Crippen LogP contribution in [0.2, 0.25) is 0 Å². The normalized spacial score (nSPS) is 18.2. The second-order valence-electron chi connectivity index (χ2n) is 13.1. The first-order valence-corrected chi connectivity index (χ1v) is 17.1. The number of nitrogens with one attached hydrogen (secondary N) is 1. The van der Waals surface area contributed by atoms with Gasteiger partial charge in [-0.2, -0.15) is 0 Å². The highest BCUT2D eigenvalue weighted by molar-refractivity contribution is 6.36. The molecule has 234 valence electrons. The van der Waals surface area contributed by atoms with Gasteiger partial charge >= 0.3 is 0 Å². The molecule has 10 rings (SSSR count). The molecule has 0 spiro atoms. The summed E-state index contributed by atoms with van der Waals surface area (Å²) in [7, 11) is 0. The molecule has 4 heteroatoms. The summed E-state index contributed by atoms with van der Waals surface area (Å²) in [5, 5.41) is 22.1. The summed E-state index contributed by atoms with van der Waals surface area (Å²) in [5.41, 5.74) is 7.23. The highest BCUT2D eigenvalue weighted by Gasteiger charge is 2.29. The maximum atomic E-state index is 5.62. The molecule has 3 N–H and O–H groups in total. The maximum Gasteiger partial charge on any atom is 0.165 e. The molecule has 3 unspecified atom stereocenters. The van der Waals surface area contributed by atoms with Crippen LogP contribution >= 0.6 is 0 Å². The summed E-state index contributed by atoms with van der Waals surface area (Å²) >= 11 is 0. The van der Waals surface area contributed by atoms with E-state index in [1.54, 1.807) is 0 Å². The van der Waals surface area contributed by atoms with E-state index in [0.29, 0.717) is 0 Å². The van der Waals surface area contributed by atoms with Crippen molar-refractivity contribution in [1.82, 2.24) is 9.88 Å². The average Bonchev–Trinajstić information content (AvgIpc) is 3.54. The Labute approximate surface area is 284 Å². The summed E-state index contributed by atoms with van der Waals surface area (Å²) in [6, 6.07) is 61.4. The van der Waals surface area contributed by atoms with Gasteiger partial charge in [-0.1, -0.05) is 169 Å². The smallest absolute Gasteiger partial charge is 0.165 e. The van der Waals surface area contributed by atoms with E-state index < -0.39 is 0 Å². The molecular weight excluding hydrogens is 597 g/mol. The Morgan fingerprint density at radius 3 is 1.90 bits per heavy atom. The van der Waals surface area contributed by atoms with Gasteiger partial charge in [0.2, 0.25) is 0 Å². The van der Waals surface area contributed by atoms with Gasteiger partial charge in [0.15, 0.2) is 6.17 Å². The summed E-state index contributed by atoms with van der Waals surface area (Å²) in [6.45, 7) is 0. The molecule has 0 aliphatic carbocycles. The zero-order chi connectivity index (χ0) is 32.3. The molecular formula is C45H34N4. The lowest BCUT2D eigenvalue weighted by Gasteiger charge is -2.47. The van der Waals surface area contributed by atoms with Gasteiger partial charge in [-0.25, -0.2) is 0 Å². The molecule has 0 radical (unpaired) electrons. The van der Waals surface area contributed by atoms with E-state index in [-0.39, 0.29) is 18.6 Å². The topological polar surface area (TPSA) is 47.7 Å². The monoisotopic (exact) mass is 630 g/mol. The Hall–Kier alpha value is -5.78. The fraction of sp³-hybridized carbons (Fsp3) is 0.0667. The van der Waals surface area contributed by atoms with Gasteiger partial charge in [-0.05, 0) is 44.9 Å². The molecule has 3 atom stereocenters. The third-order valence-corrected chi connectivity index (χ3v) is 10.3. The molecule has 1 aliphatic heterocycles. The number of hydrogen-bond donors (Lipinski definition) is 2. The highest BCUT2D eigenvalue weighted by atomic mass is 15.4. The molecule has 8 aromatic carbocycles. The fourth-order valence-electron chi connectivity index (χ4n) is 8.08. The van der Waals surface area contributed by atoms with E-state index in [1.165, 1.54) is 70.8 Å². The SMILES string of the molecule is c1ccc(-c2ccc(C3[N-]C(n4c5ccccc5c5c6c7ccccc7ccc6c6ccccc6c54)[NH2+]C(c4ccccc4)N3)cc2)cc1. The minimum Gasteiger partial charge on any atom is -0.571 e. The second kappa shape index (κ2) is 11.4. The van der Waals surface area contributed by atoms with Crippen molar-refractivity contribution in [3.63, 3.8) is 0 Å². The minimum absolute atomic E-state index is 0.00580. The minimum atomic E-state index is -0.219. The summed E-state index contributed by atoms with van der Waals surface area (Å²) in [4.78, 5) is 0. The lowest BCUT2D eigenvalue weighted by molar-refractivity contribution is -0.751. The number of nitrogens with zero attached hydrogens (tertiary/aromatic N) is 2. The maximum absolute atomic E-state index is 5.62. The standard InChI is InChI=1S/C45H33N4/c1-3-13-29(14-4-1)30-23-25-33(26-24-30)44-46-43(32-16-5-2-6-17-32)47-45(48-44)49-39-22-12-11-21-38(39)41-40-34-18-8-7-15-31(34)27-28-36(40)35-19-9-10-20-37(35)42(41)49/h1-28,43-47H/q-1/p+1. The molecule has 0 bridgehead atoms. The van der Waals surface area contributed by atoms with E-state index in [4.69, 9.17) is 5.32 Å². The van der Waals surface area contributed by atoms with E-state index in [1.807, 2.05) is 0 Å². The van der Waals surface area contributed by atoms with Gasteiger partial charge in [0.25, 0.3) is 0 Å². The largest absolute Gasteiger partial charge is 0.571 e. The number of hydrogen-bond acceptors (Lipinski definition) is 1. The van der Waals surface area contributed by atoms with Crippen LogP contribution in [0, 0.1) is 0 Å². The zero-order valence-electron chi connectivity index (χ0n) is 26.9. The Balaban J connectivity index is 1.22. The van der Waals surface area contributed by atoms with Crippen LogP contribution in [0.25, 0.3) is 70.6 Å². The molecule has 1 aliphatic rings. The Morgan fingerprint density at radius 2 is 1.10 bits per heavy atom. The molecule has 0 amide bonds. The number of rotatable bonds is 4. The van der Waals surface area contributed by atoms with Crippen molar-refractivity contribution in [3.8, 4) is 11.1 Å². The third-order valence-electron chi connectivity index (χ3n) is 10.3. The number of para-hydroxylation sites is 1. The molecule has 1 saturated heterocycles. The summed E-state index contributed by atoms with van der Waals surface area (Å²) in [5.74, 6) is 0. The molecule has 4 nitrogen and oxygen atoms in total. The first-order chi connectivity index (χ1) is 24.3. The lowest BCUT2D eigenvalue weighted by atomic mass is 9.93. The van der Waals surface area contributed by atoms with Gasteiger partial charge in [-0.3, -0.25) is 5.32 Å². The van der Waals surface area contributed by atoms with Crippen LogP contribution < -0.4 is 10.6 Å². The van der Waals surface area contributed by atoms with E-state index in [2.05, 4.69) is 185 Å². The highest BCUT2D eigenvalue weighted by Crippen LogP contribution is 2.45. The van der Waals surface area contributed by atoms with Crippen LogP contribution in [-0.2, 0) is 0 Å². The molecule has 49 heavy (non-hydrogen) atoms.